The third-order valence-corrected chi connectivity index (χ3v) is 1.99. The molecule has 3 heteroatoms. The number of hydrogen-bond donors (Lipinski definition) is 1. The van der Waals surface area contributed by atoms with Crippen LogP contribution in [0.3, 0.4) is 0 Å². The highest BCUT2D eigenvalue weighted by Crippen LogP contribution is 2.15. The van der Waals surface area contributed by atoms with Crippen molar-refractivity contribution in [3.63, 3.8) is 0 Å². The van der Waals surface area contributed by atoms with E-state index in [4.69, 9.17) is 0 Å². The summed E-state index contributed by atoms with van der Waals surface area (Å²) in [5.74, 6) is 0.739. The van der Waals surface area contributed by atoms with Crippen molar-refractivity contribution in [1.29, 1.82) is 0 Å². The zero-order chi connectivity index (χ0) is 8.97. The molecule has 1 heterocycles. The monoisotopic (exact) mass is 166 g/mol. The lowest BCUT2D eigenvalue weighted by molar-refractivity contribution is 0.142. The van der Waals surface area contributed by atoms with Gasteiger partial charge in [0.15, 0.2) is 0 Å². The molecule has 0 radical (unpaired) electrons. The highest BCUT2D eigenvalue weighted by atomic mass is 16.3. The molecule has 0 aliphatic rings. The molecule has 0 aliphatic carbocycles. The van der Waals surface area contributed by atoms with Crippen LogP contribution in [0.5, 0.6) is 0 Å². The second-order valence-corrected chi connectivity index (χ2v) is 2.87. The van der Waals surface area contributed by atoms with Gasteiger partial charge in [0.1, 0.15) is 5.82 Å². The molecule has 0 saturated carbocycles. The Morgan fingerprint density at radius 2 is 2.00 bits per heavy atom. The quantitative estimate of drug-likeness (QED) is 0.737. The van der Waals surface area contributed by atoms with E-state index in [1.165, 1.54) is 0 Å². The van der Waals surface area contributed by atoms with Gasteiger partial charge in [-0.1, -0.05) is 13.8 Å². The highest BCUT2D eigenvalue weighted by Gasteiger charge is 2.15. The molecule has 0 bridgehead atoms. The van der Waals surface area contributed by atoms with Crippen molar-refractivity contribution in [1.82, 2.24) is 9.97 Å². The normalized spacial score (nSPS) is 15.6. The molecule has 66 valence electrons. The molecule has 2 atom stereocenters. The van der Waals surface area contributed by atoms with Crippen LogP contribution in [-0.2, 0) is 0 Å². The van der Waals surface area contributed by atoms with Gasteiger partial charge in [-0.05, 0) is 12.5 Å². The summed E-state index contributed by atoms with van der Waals surface area (Å²) in [6.45, 7) is 3.88. The van der Waals surface area contributed by atoms with Crippen LogP contribution in [0, 0.1) is 0 Å². The van der Waals surface area contributed by atoms with Crippen molar-refractivity contribution >= 4 is 0 Å². The Balaban J connectivity index is 2.71. The molecule has 3 nitrogen and oxygen atoms in total. The first kappa shape index (κ1) is 9.13. The van der Waals surface area contributed by atoms with Gasteiger partial charge in [-0.25, -0.2) is 9.97 Å². The summed E-state index contributed by atoms with van der Waals surface area (Å²) >= 11 is 0. The summed E-state index contributed by atoms with van der Waals surface area (Å²) in [4.78, 5) is 8.15. The van der Waals surface area contributed by atoms with Gasteiger partial charge in [0.05, 0.1) is 6.10 Å². The van der Waals surface area contributed by atoms with Gasteiger partial charge in [-0.15, -0.1) is 0 Å². The summed E-state index contributed by atoms with van der Waals surface area (Å²) in [5, 5.41) is 9.50. The van der Waals surface area contributed by atoms with Crippen LogP contribution in [0.25, 0.3) is 0 Å². The maximum absolute atomic E-state index is 9.50. The number of nitrogens with zero attached hydrogens (tertiary/aromatic N) is 2. The topological polar surface area (TPSA) is 46.0 Å². The first-order valence-electron chi connectivity index (χ1n) is 4.20. The fourth-order valence-corrected chi connectivity index (χ4v) is 1.07. The van der Waals surface area contributed by atoms with Crippen molar-refractivity contribution in [2.75, 3.05) is 0 Å². The second kappa shape index (κ2) is 4.16. The van der Waals surface area contributed by atoms with Crippen LogP contribution >= 0.6 is 0 Å². The Labute approximate surface area is 72.5 Å². The average Bonchev–Trinajstić information content (AvgIpc) is 2.17. The summed E-state index contributed by atoms with van der Waals surface area (Å²) in [6.07, 6.45) is 3.79. The summed E-state index contributed by atoms with van der Waals surface area (Å²) in [6, 6.07) is 1.77. The predicted molar refractivity (Wildman–Crippen MR) is 46.7 cm³/mol. The first-order chi connectivity index (χ1) is 5.75. The van der Waals surface area contributed by atoms with Crippen molar-refractivity contribution < 1.29 is 5.11 Å². The summed E-state index contributed by atoms with van der Waals surface area (Å²) in [5.41, 5.74) is 0. The SMILES string of the molecule is CCC(O)C(C)c1ncccn1. The van der Waals surface area contributed by atoms with Crippen molar-refractivity contribution in [2.24, 2.45) is 0 Å². The van der Waals surface area contributed by atoms with Crippen LogP contribution in [0.15, 0.2) is 18.5 Å². The molecule has 0 saturated heterocycles. The van der Waals surface area contributed by atoms with E-state index in [0.29, 0.717) is 5.82 Å². The maximum atomic E-state index is 9.50. The van der Waals surface area contributed by atoms with Gasteiger partial charge < -0.3 is 5.11 Å². The lowest BCUT2D eigenvalue weighted by Crippen LogP contribution is -2.16. The Morgan fingerprint density at radius 3 is 2.50 bits per heavy atom. The number of aliphatic hydroxyl groups excluding tert-OH is 1. The van der Waals surface area contributed by atoms with Crippen molar-refractivity contribution in [3.05, 3.63) is 24.3 Å². The lowest BCUT2D eigenvalue weighted by Gasteiger charge is -2.14. The molecule has 2 unspecified atom stereocenters. The summed E-state index contributed by atoms with van der Waals surface area (Å²) < 4.78 is 0. The van der Waals surface area contributed by atoms with Crippen molar-refractivity contribution in [2.45, 2.75) is 32.3 Å². The minimum atomic E-state index is -0.340. The molecule has 0 aromatic carbocycles. The number of rotatable bonds is 3. The van der Waals surface area contributed by atoms with E-state index in [9.17, 15) is 5.11 Å². The van der Waals surface area contributed by atoms with Gasteiger partial charge in [-0.3, -0.25) is 0 Å². The third-order valence-electron chi connectivity index (χ3n) is 1.99. The van der Waals surface area contributed by atoms with Gasteiger partial charge in [0, 0.05) is 18.3 Å². The zero-order valence-electron chi connectivity index (χ0n) is 7.44. The van der Waals surface area contributed by atoms with Gasteiger partial charge in [0.25, 0.3) is 0 Å². The van der Waals surface area contributed by atoms with E-state index in [1.807, 2.05) is 13.8 Å². The standard InChI is InChI=1S/C9H14N2O/c1-3-8(12)7(2)9-10-5-4-6-11-9/h4-8,12H,3H2,1-2H3. The van der Waals surface area contributed by atoms with E-state index >= 15 is 0 Å². The molecule has 1 N–H and O–H groups in total. The zero-order valence-corrected chi connectivity index (χ0v) is 7.44. The molecule has 0 fully saturated rings. The molecule has 12 heavy (non-hydrogen) atoms. The van der Waals surface area contributed by atoms with Crippen LogP contribution in [0.2, 0.25) is 0 Å². The smallest absolute Gasteiger partial charge is 0.133 e. The fourth-order valence-electron chi connectivity index (χ4n) is 1.07. The molecule has 0 spiro atoms. The Bertz CT molecular complexity index is 225. The minimum Gasteiger partial charge on any atom is -0.392 e. The average molecular weight is 166 g/mol. The lowest BCUT2D eigenvalue weighted by atomic mass is 10.0. The molecule has 0 amide bonds. The van der Waals surface area contributed by atoms with Crippen LogP contribution in [0.4, 0.5) is 0 Å². The van der Waals surface area contributed by atoms with E-state index in [1.54, 1.807) is 18.5 Å². The van der Waals surface area contributed by atoms with Crippen LogP contribution in [0.1, 0.15) is 32.0 Å². The Morgan fingerprint density at radius 1 is 1.42 bits per heavy atom. The fraction of sp³-hybridized carbons (Fsp3) is 0.556. The number of aromatic nitrogens is 2. The van der Waals surface area contributed by atoms with E-state index in [2.05, 4.69) is 9.97 Å². The van der Waals surface area contributed by atoms with E-state index in [-0.39, 0.29) is 12.0 Å². The first-order valence-corrected chi connectivity index (χ1v) is 4.20. The highest BCUT2D eigenvalue weighted by molar-refractivity contribution is 4.97. The second-order valence-electron chi connectivity index (χ2n) is 2.87. The molecule has 1 aromatic rings. The largest absolute Gasteiger partial charge is 0.392 e. The van der Waals surface area contributed by atoms with Crippen molar-refractivity contribution in [3.8, 4) is 0 Å². The minimum absolute atomic E-state index is 0.0243. The maximum Gasteiger partial charge on any atom is 0.133 e. The van der Waals surface area contributed by atoms with Gasteiger partial charge >= 0.3 is 0 Å². The molecule has 1 aromatic heterocycles. The van der Waals surface area contributed by atoms with Crippen LogP contribution < -0.4 is 0 Å². The summed E-state index contributed by atoms with van der Waals surface area (Å²) in [7, 11) is 0. The van der Waals surface area contributed by atoms with Gasteiger partial charge in [-0.2, -0.15) is 0 Å². The number of aliphatic hydroxyl groups is 1. The molecular formula is C9H14N2O. The molecule has 0 aliphatic heterocycles. The number of hydrogen-bond acceptors (Lipinski definition) is 3. The van der Waals surface area contributed by atoms with E-state index in [0.717, 1.165) is 6.42 Å². The Kier molecular flexibility index (Phi) is 3.17. The molecule has 1 rings (SSSR count). The van der Waals surface area contributed by atoms with Gasteiger partial charge in [0.2, 0.25) is 0 Å². The predicted octanol–water partition coefficient (Wildman–Crippen LogP) is 1.35. The Hall–Kier alpha value is -0.960. The van der Waals surface area contributed by atoms with E-state index < -0.39 is 0 Å². The molecular weight excluding hydrogens is 152 g/mol. The van der Waals surface area contributed by atoms with Crippen LogP contribution in [-0.4, -0.2) is 21.2 Å². The third kappa shape index (κ3) is 2.01.